The van der Waals surface area contributed by atoms with E-state index in [1.165, 1.54) is 10.8 Å². The molecular formula is C14H16N4O2. The summed E-state index contributed by atoms with van der Waals surface area (Å²) in [5, 5.41) is 2.71. The van der Waals surface area contributed by atoms with Crippen LogP contribution in [0.4, 0.5) is 11.4 Å². The molecule has 0 aliphatic heterocycles. The number of amides is 1. The molecule has 0 atom stereocenters. The van der Waals surface area contributed by atoms with Gasteiger partial charge >= 0.3 is 5.69 Å². The van der Waals surface area contributed by atoms with Gasteiger partial charge in [-0.05, 0) is 24.6 Å². The molecule has 0 aliphatic rings. The zero-order chi connectivity index (χ0) is 14.5. The van der Waals surface area contributed by atoms with Crippen LogP contribution in [0.25, 0.3) is 0 Å². The molecule has 1 heterocycles. The molecule has 6 nitrogen and oxygen atoms in total. The second-order valence-electron chi connectivity index (χ2n) is 4.49. The molecule has 0 spiro atoms. The van der Waals surface area contributed by atoms with Gasteiger partial charge in [-0.1, -0.05) is 12.1 Å². The molecule has 0 bridgehead atoms. The molecule has 104 valence electrons. The monoisotopic (exact) mass is 272 g/mol. The summed E-state index contributed by atoms with van der Waals surface area (Å²) >= 11 is 0. The lowest BCUT2D eigenvalue weighted by Crippen LogP contribution is -2.25. The van der Waals surface area contributed by atoms with Gasteiger partial charge in [0.15, 0.2) is 0 Å². The Balaban J connectivity index is 1.98. The summed E-state index contributed by atoms with van der Waals surface area (Å²) in [6, 6.07) is 7.03. The summed E-state index contributed by atoms with van der Waals surface area (Å²) in [6.45, 7) is 2.12. The molecule has 1 aromatic heterocycles. The first-order chi connectivity index (χ1) is 9.56. The standard InChI is InChI=1S/C14H16N4O2/c1-10-8-16-14(20)18(9-10)7-6-13(19)17-12-5-3-2-4-11(12)15/h2-5,8-9H,6-7,15H2,1H3,(H,17,19). The second kappa shape index (κ2) is 6.01. The molecule has 0 fully saturated rings. The number of nitrogens with two attached hydrogens (primary N) is 1. The second-order valence-corrected chi connectivity index (χ2v) is 4.49. The number of nitrogen functional groups attached to an aromatic ring is 1. The summed E-state index contributed by atoms with van der Waals surface area (Å²) in [5.41, 5.74) is 7.34. The average Bonchev–Trinajstić information content (AvgIpc) is 2.42. The van der Waals surface area contributed by atoms with Crippen molar-refractivity contribution in [1.82, 2.24) is 9.55 Å². The van der Waals surface area contributed by atoms with E-state index in [-0.39, 0.29) is 24.6 Å². The van der Waals surface area contributed by atoms with Crippen LogP contribution in [0.15, 0.2) is 41.5 Å². The fourth-order valence-electron chi connectivity index (χ4n) is 1.77. The molecule has 0 saturated heterocycles. The third-order valence-corrected chi connectivity index (χ3v) is 2.80. The quantitative estimate of drug-likeness (QED) is 0.817. The van der Waals surface area contributed by atoms with Crippen LogP contribution in [0.2, 0.25) is 0 Å². The van der Waals surface area contributed by atoms with Crippen molar-refractivity contribution >= 4 is 17.3 Å². The van der Waals surface area contributed by atoms with E-state index >= 15 is 0 Å². The van der Waals surface area contributed by atoms with Crippen LogP contribution in [-0.4, -0.2) is 15.5 Å². The number of para-hydroxylation sites is 2. The van der Waals surface area contributed by atoms with Crippen molar-refractivity contribution in [3.8, 4) is 0 Å². The third kappa shape index (κ3) is 3.44. The van der Waals surface area contributed by atoms with Crippen LogP contribution in [0, 0.1) is 6.92 Å². The predicted molar refractivity (Wildman–Crippen MR) is 77.3 cm³/mol. The van der Waals surface area contributed by atoms with Crippen molar-refractivity contribution in [3.63, 3.8) is 0 Å². The van der Waals surface area contributed by atoms with Gasteiger partial charge in [0.1, 0.15) is 0 Å². The molecule has 6 heteroatoms. The number of aromatic nitrogens is 2. The van der Waals surface area contributed by atoms with Gasteiger partial charge in [-0.2, -0.15) is 0 Å². The van der Waals surface area contributed by atoms with E-state index in [1.54, 1.807) is 30.5 Å². The molecule has 3 N–H and O–H groups in total. The molecule has 2 aromatic rings. The van der Waals surface area contributed by atoms with E-state index in [9.17, 15) is 9.59 Å². The maximum absolute atomic E-state index is 11.8. The minimum Gasteiger partial charge on any atom is -0.397 e. The Labute approximate surface area is 116 Å². The van der Waals surface area contributed by atoms with Crippen LogP contribution in [0.5, 0.6) is 0 Å². The van der Waals surface area contributed by atoms with Gasteiger partial charge in [0.05, 0.1) is 11.4 Å². The number of rotatable bonds is 4. The highest BCUT2D eigenvalue weighted by Gasteiger charge is 2.06. The van der Waals surface area contributed by atoms with Crippen LogP contribution in [-0.2, 0) is 11.3 Å². The molecule has 20 heavy (non-hydrogen) atoms. The molecule has 0 unspecified atom stereocenters. The Hall–Kier alpha value is -2.63. The summed E-state index contributed by atoms with van der Waals surface area (Å²) < 4.78 is 1.42. The van der Waals surface area contributed by atoms with E-state index in [0.29, 0.717) is 11.4 Å². The van der Waals surface area contributed by atoms with Crippen molar-refractivity contribution in [2.24, 2.45) is 0 Å². The number of carbonyl (C=O) groups excluding carboxylic acids is 1. The maximum Gasteiger partial charge on any atom is 0.347 e. The molecule has 0 aliphatic carbocycles. The maximum atomic E-state index is 11.8. The van der Waals surface area contributed by atoms with Crippen LogP contribution in [0.3, 0.4) is 0 Å². The average molecular weight is 272 g/mol. The van der Waals surface area contributed by atoms with Gasteiger partial charge in [0, 0.05) is 25.4 Å². The zero-order valence-electron chi connectivity index (χ0n) is 11.2. The Morgan fingerprint density at radius 1 is 1.40 bits per heavy atom. The van der Waals surface area contributed by atoms with Crippen molar-refractivity contribution in [2.75, 3.05) is 11.1 Å². The van der Waals surface area contributed by atoms with E-state index in [2.05, 4.69) is 10.3 Å². The number of carbonyl (C=O) groups is 1. The van der Waals surface area contributed by atoms with Gasteiger partial charge < -0.3 is 11.1 Å². The van der Waals surface area contributed by atoms with E-state index in [1.807, 2.05) is 6.92 Å². The SMILES string of the molecule is Cc1cnc(=O)n(CCC(=O)Nc2ccccc2N)c1. The lowest BCUT2D eigenvalue weighted by atomic mass is 10.2. The number of hydrogen-bond donors (Lipinski definition) is 2. The first-order valence-electron chi connectivity index (χ1n) is 6.24. The smallest absolute Gasteiger partial charge is 0.347 e. The fourth-order valence-corrected chi connectivity index (χ4v) is 1.77. The van der Waals surface area contributed by atoms with Crippen LogP contribution < -0.4 is 16.7 Å². The third-order valence-electron chi connectivity index (χ3n) is 2.80. The molecule has 2 rings (SSSR count). The molecule has 1 amide bonds. The zero-order valence-corrected chi connectivity index (χ0v) is 11.2. The predicted octanol–water partition coefficient (Wildman–Crippen LogP) is 1.16. The first kappa shape index (κ1) is 13.8. The summed E-state index contributed by atoms with van der Waals surface area (Å²) in [6.07, 6.45) is 3.36. The van der Waals surface area contributed by atoms with Crippen LogP contribution >= 0.6 is 0 Å². The number of anilines is 2. The number of nitrogens with zero attached hydrogens (tertiary/aromatic N) is 2. The Bertz CT molecular complexity index is 679. The van der Waals surface area contributed by atoms with Crippen LogP contribution in [0.1, 0.15) is 12.0 Å². The molecule has 0 radical (unpaired) electrons. The van der Waals surface area contributed by atoms with E-state index in [0.717, 1.165) is 5.56 Å². The number of aryl methyl sites for hydroxylation is 2. The van der Waals surface area contributed by atoms with E-state index < -0.39 is 0 Å². The van der Waals surface area contributed by atoms with E-state index in [4.69, 9.17) is 5.73 Å². The lowest BCUT2D eigenvalue weighted by Gasteiger charge is -2.08. The molecule has 1 aromatic carbocycles. The first-order valence-corrected chi connectivity index (χ1v) is 6.24. The highest BCUT2D eigenvalue weighted by Crippen LogP contribution is 2.16. The summed E-state index contributed by atoms with van der Waals surface area (Å²) in [4.78, 5) is 27.0. The summed E-state index contributed by atoms with van der Waals surface area (Å²) in [7, 11) is 0. The number of nitrogens with one attached hydrogen (secondary N) is 1. The normalized spacial score (nSPS) is 10.2. The van der Waals surface area contributed by atoms with Crippen molar-refractivity contribution in [3.05, 3.63) is 52.7 Å². The Morgan fingerprint density at radius 2 is 2.15 bits per heavy atom. The fraction of sp³-hybridized carbons (Fsp3) is 0.214. The Morgan fingerprint density at radius 3 is 2.90 bits per heavy atom. The highest BCUT2D eigenvalue weighted by molar-refractivity contribution is 5.93. The number of benzene rings is 1. The van der Waals surface area contributed by atoms with Gasteiger partial charge in [0.2, 0.25) is 5.91 Å². The molecule has 0 saturated carbocycles. The topological polar surface area (TPSA) is 90.0 Å². The Kier molecular flexibility index (Phi) is 4.14. The van der Waals surface area contributed by atoms with Crippen molar-refractivity contribution < 1.29 is 4.79 Å². The lowest BCUT2D eigenvalue weighted by molar-refractivity contribution is -0.116. The minimum absolute atomic E-state index is 0.180. The van der Waals surface area contributed by atoms with Crippen molar-refractivity contribution in [2.45, 2.75) is 19.9 Å². The van der Waals surface area contributed by atoms with Gasteiger partial charge in [-0.3, -0.25) is 9.36 Å². The van der Waals surface area contributed by atoms with Gasteiger partial charge in [-0.15, -0.1) is 0 Å². The highest BCUT2D eigenvalue weighted by atomic mass is 16.2. The molecular weight excluding hydrogens is 256 g/mol. The largest absolute Gasteiger partial charge is 0.397 e. The summed E-state index contributed by atoms with van der Waals surface area (Å²) in [5.74, 6) is -0.198. The number of hydrogen-bond acceptors (Lipinski definition) is 4. The van der Waals surface area contributed by atoms with Crippen molar-refractivity contribution in [1.29, 1.82) is 0 Å². The van der Waals surface area contributed by atoms with Gasteiger partial charge in [0.25, 0.3) is 0 Å². The minimum atomic E-state index is -0.359. The van der Waals surface area contributed by atoms with Gasteiger partial charge in [-0.25, -0.2) is 9.78 Å².